The molecular weight excluding hydrogens is 555 g/mol. The summed E-state index contributed by atoms with van der Waals surface area (Å²) < 4.78 is 36.6. The lowest BCUT2D eigenvalue weighted by molar-refractivity contribution is -0.192. The van der Waals surface area contributed by atoms with Gasteiger partial charge >= 0.3 is 18.1 Å². The molecule has 5 N–H and O–H groups in total. The van der Waals surface area contributed by atoms with Crippen LogP contribution in [0.2, 0.25) is 5.02 Å². The lowest BCUT2D eigenvalue weighted by atomic mass is 10.0. The quantitative estimate of drug-likeness (QED) is 0.210. The fourth-order valence-corrected chi connectivity index (χ4v) is 3.86. The summed E-state index contributed by atoms with van der Waals surface area (Å²) in [6.07, 6.45) is -2.88. The summed E-state index contributed by atoms with van der Waals surface area (Å²) in [6, 6.07) is 12.9. The molecule has 0 aliphatic rings. The SMILES string of the molecule is CCOC(=O)CCNC(=O)c1ccc2c(C[C@@H](C)NC[C@H](O)c3cccc(Cl)c3)c[nH]c2c1.O=C(O)C(F)(F)F. The van der Waals surface area contributed by atoms with Crippen molar-refractivity contribution in [2.75, 3.05) is 19.7 Å². The van der Waals surface area contributed by atoms with Crippen LogP contribution in [0.4, 0.5) is 13.2 Å². The van der Waals surface area contributed by atoms with Gasteiger partial charge in [-0.3, -0.25) is 9.59 Å². The molecular formula is C27H31ClF3N3O6. The first kappa shape index (κ1) is 32.6. The van der Waals surface area contributed by atoms with Crippen LogP contribution < -0.4 is 10.6 Å². The second-order valence-electron chi connectivity index (χ2n) is 8.77. The van der Waals surface area contributed by atoms with E-state index in [2.05, 4.69) is 22.5 Å². The van der Waals surface area contributed by atoms with Gasteiger partial charge in [-0.15, -0.1) is 0 Å². The molecule has 2 atom stereocenters. The largest absolute Gasteiger partial charge is 0.490 e. The molecule has 0 aliphatic carbocycles. The number of aromatic amines is 1. The number of H-pyrrole nitrogens is 1. The van der Waals surface area contributed by atoms with Crippen molar-refractivity contribution < 1.29 is 42.5 Å². The monoisotopic (exact) mass is 585 g/mol. The minimum absolute atomic E-state index is 0.128. The van der Waals surface area contributed by atoms with E-state index in [-0.39, 0.29) is 30.9 Å². The van der Waals surface area contributed by atoms with Crippen LogP contribution in [-0.4, -0.2) is 65.0 Å². The van der Waals surface area contributed by atoms with Gasteiger partial charge in [-0.2, -0.15) is 13.2 Å². The number of benzene rings is 2. The maximum atomic E-state index is 12.4. The maximum Gasteiger partial charge on any atom is 0.490 e. The molecule has 0 unspecified atom stereocenters. The Hall–Kier alpha value is -3.61. The molecule has 0 bridgehead atoms. The molecule has 40 heavy (non-hydrogen) atoms. The van der Waals surface area contributed by atoms with Gasteiger partial charge in [0.2, 0.25) is 0 Å². The van der Waals surface area contributed by atoms with E-state index in [1.165, 1.54) is 0 Å². The highest BCUT2D eigenvalue weighted by Crippen LogP contribution is 2.22. The summed E-state index contributed by atoms with van der Waals surface area (Å²) in [6.45, 7) is 4.79. The average Bonchev–Trinajstić information content (AvgIpc) is 3.29. The van der Waals surface area contributed by atoms with Gasteiger partial charge in [-0.25, -0.2) is 4.79 Å². The van der Waals surface area contributed by atoms with E-state index >= 15 is 0 Å². The fraction of sp³-hybridized carbons (Fsp3) is 0.370. The summed E-state index contributed by atoms with van der Waals surface area (Å²) in [4.78, 5) is 35.9. The van der Waals surface area contributed by atoms with Gasteiger partial charge in [-0.05, 0) is 55.7 Å². The second-order valence-corrected chi connectivity index (χ2v) is 9.21. The van der Waals surface area contributed by atoms with Gasteiger partial charge in [0.15, 0.2) is 0 Å². The number of aliphatic hydroxyl groups is 1. The van der Waals surface area contributed by atoms with Crippen molar-refractivity contribution >= 4 is 40.3 Å². The molecule has 9 nitrogen and oxygen atoms in total. The smallest absolute Gasteiger partial charge is 0.475 e. The van der Waals surface area contributed by atoms with Crippen LogP contribution in [0.5, 0.6) is 0 Å². The van der Waals surface area contributed by atoms with Crippen LogP contribution in [-0.2, 0) is 20.7 Å². The van der Waals surface area contributed by atoms with Gasteiger partial charge in [0.05, 0.1) is 19.1 Å². The Kier molecular flexibility index (Phi) is 12.4. The highest BCUT2D eigenvalue weighted by atomic mass is 35.5. The van der Waals surface area contributed by atoms with Crippen molar-refractivity contribution in [2.45, 2.75) is 45.0 Å². The predicted octanol–water partition coefficient (Wildman–Crippen LogP) is 4.39. The van der Waals surface area contributed by atoms with E-state index in [1.807, 2.05) is 24.4 Å². The Morgan fingerprint density at radius 1 is 1.15 bits per heavy atom. The van der Waals surface area contributed by atoms with Crippen molar-refractivity contribution in [3.63, 3.8) is 0 Å². The minimum atomic E-state index is -5.08. The number of ether oxygens (including phenoxy) is 1. The number of aromatic nitrogens is 1. The van der Waals surface area contributed by atoms with E-state index in [0.29, 0.717) is 23.7 Å². The molecule has 13 heteroatoms. The zero-order chi connectivity index (χ0) is 29.9. The third-order valence-electron chi connectivity index (χ3n) is 5.61. The fourth-order valence-electron chi connectivity index (χ4n) is 3.66. The zero-order valence-corrected chi connectivity index (χ0v) is 22.6. The Morgan fingerprint density at radius 2 is 1.85 bits per heavy atom. The molecule has 2 aromatic carbocycles. The first-order valence-electron chi connectivity index (χ1n) is 12.3. The molecule has 0 radical (unpaired) electrons. The number of rotatable bonds is 11. The average molecular weight is 586 g/mol. The zero-order valence-electron chi connectivity index (χ0n) is 21.8. The molecule has 1 heterocycles. The number of alkyl halides is 3. The predicted molar refractivity (Wildman–Crippen MR) is 143 cm³/mol. The molecule has 0 aliphatic heterocycles. The van der Waals surface area contributed by atoms with Crippen molar-refractivity contribution in [1.82, 2.24) is 15.6 Å². The summed E-state index contributed by atoms with van der Waals surface area (Å²) in [5, 5.41) is 25.3. The number of carboxylic acids is 1. The number of aliphatic carboxylic acids is 1. The van der Waals surface area contributed by atoms with Crippen LogP contribution in [0.25, 0.3) is 10.9 Å². The van der Waals surface area contributed by atoms with E-state index in [0.717, 1.165) is 28.5 Å². The third-order valence-corrected chi connectivity index (χ3v) is 5.85. The normalized spacial score (nSPS) is 12.7. The standard InChI is InChI=1S/C25H30ClN3O4.C2HF3O2/c1-3-33-24(31)9-10-27-25(32)18-7-8-21-19(14-29-22(21)13-18)11-16(2)28-15-23(30)17-5-4-6-20(26)12-17;3-2(4,5)1(6)7/h4-8,12-14,16,23,28-30H,3,9-11,15H2,1-2H3,(H,27,32);(H,6,7)/t16-,23+;/m1./s1. The van der Waals surface area contributed by atoms with Gasteiger partial charge in [0.25, 0.3) is 5.91 Å². The van der Waals surface area contributed by atoms with E-state index in [1.54, 1.807) is 31.2 Å². The lowest BCUT2D eigenvalue weighted by Crippen LogP contribution is -2.32. The van der Waals surface area contributed by atoms with Crippen LogP contribution in [0.1, 0.15) is 47.9 Å². The van der Waals surface area contributed by atoms with Crippen LogP contribution in [0.15, 0.2) is 48.7 Å². The Morgan fingerprint density at radius 3 is 2.48 bits per heavy atom. The van der Waals surface area contributed by atoms with Crippen LogP contribution in [0.3, 0.4) is 0 Å². The van der Waals surface area contributed by atoms with Gasteiger partial charge in [-0.1, -0.05) is 29.8 Å². The summed E-state index contributed by atoms with van der Waals surface area (Å²) in [5.74, 6) is -3.32. The molecule has 1 aromatic heterocycles. The number of nitrogens with one attached hydrogen (secondary N) is 3. The highest BCUT2D eigenvalue weighted by Gasteiger charge is 2.38. The van der Waals surface area contributed by atoms with Crippen molar-refractivity contribution in [1.29, 1.82) is 0 Å². The maximum absolute atomic E-state index is 12.4. The Bertz CT molecular complexity index is 1300. The van der Waals surface area contributed by atoms with Crippen LogP contribution in [0, 0.1) is 0 Å². The Balaban J connectivity index is 0.000000708. The molecule has 0 fully saturated rings. The number of fused-ring (bicyclic) bond motifs is 1. The highest BCUT2D eigenvalue weighted by molar-refractivity contribution is 6.30. The number of halogens is 4. The Labute approximate surface area is 233 Å². The molecule has 3 rings (SSSR count). The number of carboxylic acid groups (broad SMARTS) is 1. The van der Waals surface area contributed by atoms with Gasteiger partial charge in [0, 0.05) is 46.8 Å². The summed E-state index contributed by atoms with van der Waals surface area (Å²) in [5.41, 5.74) is 3.30. The molecule has 0 saturated carbocycles. The number of amides is 1. The summed E-state index contributed by atoms with van der Waals surface area (Å²) in [7, 11) is 0. The first-order chi connectivity index (χ1) is 18.8. The second kappa shape index (κ2) is 15.2. The number of hydrogen-bond acceptors (Lipinski definition) is 6. The molecule has 0 spiro atoms. The first-order valence-corrected chi connectivity index (χ1v) is 12.7. The lowest BCUT2D eigenvalue weighted by Gasteiger charge is -2.17. The number of carbonyl (C=O) groups is 3. The van der Waals surface area contributed by atoms with Crippen molar-refractivity contribution in [3.8, 4) is 0 Å². The van der Waals surface area contributed by atoms with E-state index in [4.69, 9.17) is 26.2 Å². The molecule has 218 valence electrons. The van der Waals surface area contributed by atoms with Gasteiger partial charge < -0.3 is 30.6 Å². The molecule has 3 aromatic rings. The number of aliphatic hydroxyl groups excluding tert-OH is 1. The molecule has 0 saturated heterocycles. The van der Waals surface area contributed by atoms with Crippen LogP contribution >= 0.6 is 11.6 Å². The number of esters is 1. The van der Waals surface area contributed by atoms with E-state index < -0.39 is 18.2 Å². The number of hydrogen-bond donors (Lipinski definition) is 5. The van der Waals surface area contributed by atoms with Crippen molar-refractivity contribution in [2.24, 2.45) is 0 Å². The van der Waals surface area contributed by atoms with Gasteiger partial charge in [0.1, 0.15) is 0 Å². The minimum Gasteiger partial charge on any atom is -0.475 e. The van der Waals surface area contributed by atoms with Crippen molar-refractivity contribution in [3.05, 3.63) is 70.4 Å². The summed E-state index contributed by atoms with van der Waals surface area (Å²) >= 11 is 6.00. The number of carbonyl (C=O) groups excluding carboxylic acids is 2. The third kappa shape index (κ3) is 10.5. The van der Waals surface area contributed by atoms with E-state index in [9.17, 15) is 27.9 Å². The topological polar surface area (TPSA) is 141 Å². The molecule has 1 amide bonds.